The van der Waals surface area contributed by atoms with Gasteiger partial charge in [0.15, 0.2) is 0 Å². The van der Waals surface area contributed by atoms with Gasteiger partial charge in [0.25, 0.3) is 5.78 Å². The number of benzene rings is 1. The van der Waals surface area contributed by atoms with Gasteiger partial charge >= 0.3 is 0 Å². The van der Waals surface area contributed by atoms with Gasteiger partial charge in [-0.1, -0.05) is 11.8 Å². The molecule has 0 aliphatic heterocycles. The maximum absolute atomic E-state index is 12.8. The number of carbonyl (C=O) groups excluding carboxylic acids is 1. The second kappa shape index (κ2) is 9.69. The predicted molar refractivity (Wildman–Crippen MR) is 110 cm³/mol. The van der Waals surface area contributed by atoms with E-state index in [1.165, 1.54) is 23.9 Å². The minimum absolute atomic E-state index is 0.0537. The molecule has 1 aromatic carbocycles. The number of amides is 1. The van der Waals surface area contributed by atoms with E-state index < -0.39 is 0 Å². The summed E-state index contributed by atoms with van der Waals surface area (Å²) in [6.45, 7) is 4.90. The molecule has 154 valence electrons. The highest BCUT2D eigenvalue weighted by molar-refractivity contribution is 7.98. The molecule has 0 unspecified atom stereocenters. The molecule has 0 atom stereocenters. The van der Waals surface area contributed by atoms with E-state index >= 15 is 0 Å². The Kier molecular flexibility index (Phi) is 7.03. The number of nitrogens with one attached hydrogen (secondary N) is 1. The van der Waals surface area contributed by atoms with Crippen molar-refractivity contribution in [1.29, 1.82) is 0 Å². The first-order valence-corrected chi connectivity index (χ1v) is 10.6. The lowest BCUT2D eigenvalue weighted by Crippen LogP contribution is -2.27. The van der Waals surface area contributed by atoms with E-state index in [1.54, 1.807) is 16.6 Å². The van der Waals surface area contributed by atoms with Crippen molar-refractivity contribution >= 4 is 23.4 Å². The maximum atomic E-state index is 12.8. The van der Waals surface area contributed by atoms with Crippen molar-refractivity contribution in [2.24, 2.45) is 0 Å². The minimum Gasteiger partial charge on any atom is -0.494 e. The van der Waals surface area contributed by atoms with Crippen molar-refractivity contribution in [2.75, 3.05) is 19.4 Å². The number of rotatable bonds is 9. The van der Waals surface area contributed by atoms with Crippen molar-refractivity contribution < 1.29 is 13.9 Å². The molecular weight excluding hydrogens is 393 g/mol. The summed E-state index contributed by atoms with van der Waals surface area (Å²) in [6.07, 6.45) is 3.75. The molecule has 0 saturated heterocycles. The third kappa shape index (κ3) is 5.44. The van der Waals surface area contributed by atoms with E-state index in [9.17, 15) is 9.18 Å². The number of thioether (sulfide) groups is 1. The van der Waals surface area contributed by atoms with E-state index in [1.807, 2.05) is 20.1 Å². The van der Waals surface area contributed by atoms with Crippen LogP contribution in [0.25, 0.3) is 5.78 Å². The van der Waals surface area contributed by atoms with E-state index in [0.29, 0.717) is 29.8 Å². The van der Waals surface area contributed by atoms with Gasteiger partial charge in [0, 0.05) is 23.5 Å². The molecule has 2 heterocycles. The Morgan fingerprint density at radius 2 is 1.97 bits per heavy atom. The van der Waals surface area contributed by atoms with E-state index in [2.05, 4.69) is 20.4 Å². The number of ether oxygens (including phenoxy) is 1. The molecule has 29 heavy (non-hydrogen) atoms. The molecule has 0 fully saturated rings. The SMILES string of the molecule is CSc1nc2nc(C)c(CC(=O)NCCCCOc3ccc(F)cc3)c(C)n2n1. The van der Waals surface area contributed by atoms with Crippen LogP contribution in [-0.4, -0.2) is 44.9 Å². The van der Waals surface area contributed by atoms with E-state index in [4.69, 9.17) is 4.74 Å². The van der Waals surface area contributed by atoms with Crippen LogP contribution in [0.5, 0.6) is 5.75 Å². The van der Waals surface area contributed by atoms with Gasteiger partial charge in [-0.15, -0.1) is 5.10 Å². The molecule has 0 spiro atoms. The molecule has 1 N–H and O–H groups in total. The zero-order chi connectivity index (χ0) is 20.8. The van der Waals surface area contributed by atoms with Crippen LogP contribution in [0.3, 0.4) is 0 Å². The van der Waals surface area contributed by atoms with Crippen LogP contribution in [0.1, 0.15) is 29.8 Å². The molecule has 0 bridgehead atoms. The lowest BCUT2D eigenvalue weighted by atomic mass is 10.1. The first kappa shape index (κ1) is 21.0. The van der Waals surface area contributed by atoms with Crippen LogP contribution < -0.4 is 10.1 Å². The lowest BCUT2D eigenvalue weighted by molar-refractivity contribution is -0.120. The van der Waals surface area contributed by atoms with E-state index in [0.717, 1.165) is 29.8 Å². The largest absolute Gasteiger partial charge is 0.494 e. The number of hydrogen-bond acceptors (Lipinski definition) is 6. The van der Waals surface area contributed by atoms with Gasteiger partial charge in [-0.3, -0.25) is 4.79 Å². The molecular formula is C20H24FN5O2S. The first-order chi connectivity index (χ1) is 14.0. The van der Waals surface area contributed by atoms with Gasteiger partial charge in [-0.2, -0.15) is 4.98 Å². The van der Waals surface area contributed by atoms with Crippen LogP contribution >= 0.6 is 11.8 Å². The average molecular weight is 418 g/mol. The Morgan fingerprint density at radius 1 is 1.21 bits per heavy atom. The number of aromatic nitrogens is 4. The van der Waals surface area contributed by atoms with Crippen LogP contribution in [-0.2, 0) is 11.2 Å². The van der Waals surface area contributed by atoms with Gasteiger partial charge in [0.1, 0.15) is 11.6 Å². The number of carbonyl (C=O) groups is 1. The lowest BCUT2D eigenvalue weighted by Gasteiger charge is -2.11. The van der Waals surface area contributed by atoms with Crippen LogP contribution in [0, 0.1) is 19.7 Å². The molecule has 7 nitrogen and oxygen atoms in total. The number of hydrogen-bond donors (Lipinski definition) is 1. The molecule has 3 rings (SSSR count). The predicted octanol–water partition coefficient (Wildman–Crippen LogP) is 3.12. The van der Waals surface area contributed by atoms with Gasteiger partial charge in [0.2, 0.25) is 11.1 Å². The highest BCUT2D eigenvalue weighted by atomic mass is 32.2. The number of halogens is 1. The topological polar surface area (TPSA) is 81.4 Å². The first-order valence-electron chi connectivity index (χ1n) is 9.40. The summed E-state index contributed by atoms with van der Waals surface area (Å²) in [4.78, 5) is 21.2. The zero-order valence-electron chi connectivity index (χ0n) is 16.7. The summed E-state index contributed by atoms with van der Waals surface area (Å²) in [7, 11) is 0. The van der Waals surface area contributed by atoms with Crippen molar-refractivity contribution in [1.82, 2.24) is 24.9 Å². The van der Waals surface area contributed by atoms with Crippen molar-refractivity contribution in [3.05, 3.63) is 47.0 Å². The third-order valence-corrected chi connectivity index (χ3v) is 5.06. The second-order valence-electron chi connectivity index (χ2n) is 6.61. The fourth-order valence-electron chi connectivity index (χ4n) is 2.93. The minimum atomic E-state index is -0.284. The summed E-state index contributed by atoms with van der Waals surface area (Å²) in [5.41, 5.74) is 2.54. The summed E-state index contributed by atoms with van der Waals surface area (Å²) >= 11 is 1.46. The van der Waals surface area contributed by atoms with Crippen LogP contribution in [0.15, 0.2) is 29.4 Å². The third-order valence-electron chi connectivity index (χ3n) is 4.53. The Balaban J connectivity index is 1.45. The fraction of sp³-hybridized carbons (Fsp3) is 0.400. The van der Waals surface area contributed by atoms with Crippen molar-refractivity contribution in [2.45, 2.75) is 38.3 Å². The van der Waals surface area contributed by atoms with E-state index in [-0.39, 0.29) is 18.1 Å². The molecule has 3 aromatic rings. The summed E-state index contributed by atoms with van der Waals surface area (Å²) in [5, 5.41) is 8.00. The quantitative estimate of drug-likeness (QED) is 0.426. The summed E-state index contributed by atoms with van der Waals surface area (Å²) in [6, 6.07) is 5.94. The van der Waals surface area contributed by atoms with Crippen molar-refractivity contribution in [3.63, 3.8) is 0 Å². The summed E-state index contributed by atoms with van der Waals surface area (Å²) < 4.78 is 20.1. The molecule has 0 aliphatic rings. The normalized spacial score (nSPS) is 11.0. The van der Waals surface area contributed by atoms with Crippen molar-refractivity contribution in [3.8, 4) is 5.75 Å². The van der Waals surface area contributed by atoms with Gasteiger partial charge < -0.3 is 10.1 Å². The Bertz CT molecular complexity index is 991. The summed E-state index contributed by atoms with van der Waals surface area (Å²) in [5.74, 6) is 0.854. The number of fused-ring (bicyclic) bond motifs is 1. The average Bonchev–Trinajstić information content (AvgIpc) is 3.12. The Morgan fingerprint density at radius 3 is 2.69 bits per heavy atom. The van der Waals surface area contributed by atoms with Crippen LogP contribution in [0.2, 0.25) is 0 Å². The maximum Gasteiger partial charge on any atom is 0.253 e. The molecule has 2 aromatic heterocycles. The second-order valence-corrected chi connectivity index (χ2v) is 7.38. The number of nitrogens with zero attached hydrogens (tertiary/aromatic N) is 4. The molecule has 0 saturated carbocycles. The highest BCUT2D eigenvalue weighted by Crippen LogP contribution is 2.17. The fourth-order valence-corrected chi connectivity index (χ4v) is 3.27. The Hall–Kier alpha value is -2.68. The number of aryl methyl sites for hydroxylation is 2. The van der Waals surface area contributed by atoms with Gasteiger partial charge in [0.05, 0.1) is 13.0 Å². The highest BCUT2D eigenvalue weighted by Gasteiger charge is 2.15. The smallest absolute Gasteiger partial charge is 0.253 e. The van der Waals surface area contributed by atoms with Gasteiger partial charge in [-0.25, -0.2) is 13.9 Å². The Labute approximate surface area is 173 Å². The molecule has 9 heteroatoms. The zero-order valence-corrected chi connectivity index (χ0v) is 17.6. The molecule has 0 radical (unpaired) electrons. The standard InChI is InChI=1S/C20H24FN5O2S/c1-13-17(14(2)26-19(23-13)24-20(25-26)29-3)12-18(27)22-10-4-5-11-28-16-8-6-15(21)7-9-16/h6-9H,4-5,10-12H2,1-3H3,(H,22,27). The number of unbranched alkanes of at least 4 members (excludes halogenated alkanes) is 1. The monoisotopic (exact) mass is 417 g/mol. The van der Waals surface area contributed by atoms with Crippen LogP contribution in [0.4, 0.5) is 4.39 Å². The molecule has 0 aliphatic carbocycles. The molecule has 1 amide bonds. The van der Waals surface area contributed by atoms with Gasteiger partial charge in [-0.05, 0) is 57.2 Å².